The van der Waals surface area contributed by atoms with Gasteiger partial charge >= 0.3 is 5.97 Å². The van der Waals surface area contributed by atoms with Crippen molar-refractivity contribution in [3.05, 3.63) is 58.1 Å². The van der Waals surface area contributed by atoms with Gasteiger partial charge in [0.05, 0.1) is 12.1 Å². The van der Waals surface area contributed by atoms with Crippen LogP contribution in [0.2, 0.25) is 0 Å². The summed E-state index contributed by atoms with van der Waals surface area (Å²) in [5, 5.41) is 6.66. The predicted octanol–water partition coefficient (Wildman–Crippen LogP) is 4.12. The molecule has 0 unspecified atom stereocenters. The molecule has 0 aromatic heterocycles. The maximum absolute atomic E-state index is 12.2. The van der Waals surface area contributed by atoms with E-state index in [-0.39, 0.29) is 17.8 Å². The van der Waals surface area contributed by atoms with Crippen LogP contribution in [-0.2, 0) is 9.59 Å². The summed E-state index contributed by atoms with van der Waals surface area (Å²) in [4.78, 5) is 35.5. The number of benzene rings is 2. The highest BCUT2D eigenvalue weighted by Crippen LogP contribution is 2.22. The van der Waals surface area contributed by atoms with E-state index in [1.54, 1.807) is 63.2 Å². The van der Waals surface area contributed by atoms with Gasteiger partial charge in [0.2, 0.25) is 5.91 Å². The highest BCUT2D eigenvalue weighted by molar-refractivity contribution is 9.10. The zero-order valence-corrected chi connectivity index (χ0v) is 17.9. The first-order valence-electron chi connectivity index (χ1n) is 9.04. The Morgan fingerprint density at radius 3 is 2.45 bits per heavy atom. The number of carbonyl (C=O) groups excluding carboxylic acids is 3. The number of nitrogens with one attached hydrogen (secondary N) is 2. The van der Waals surface area contributed by atoms with Crippen molar-refractivity contribution in [2.45, 2.75) is 27.2 Å². The highest BCUT2D eigenvalue weighted by Gasteiger charge is 2.12. The van der Waals surface area contributed by atoms with Gasteiger partial charge in [-0.15, -0.1) is 0 Å². The molecule has 0 saturated carbocycles. The van der Waals surface area contributed by atoms with Crippen molar-refractivity contribution in [1.29, 1.82) is 0 Å². The fraction of sp³-hybridized carbons (Fsp3) is 0.238. The van der Waals surface area contributed by atoms with E-state index in [0.717, 1.165) is 4.47 Å². The minimum atomic E-state index is -0.412. The molecule has 0 aliphatic carbocycles. The minimum Gasteiger partial charge on any atom is -0.426 e. The van der Waals surface area contributed by atoms with Crippen LogP contribution in [0.1, 0.15) is 43.1 Å². The van der Waals surface area contributed by atoms with Gasteiger partial charge in [-0.05, 0) is 42.5 Å². The van der Waals surface area contributed by atoms with E-state index in [2.05, 4.69) is 31.8 Å². The van der Waals surface area contributed by atoms with Gasteiger partial charge in [0.25, 0.3) is 5.91 Å². The Morgan fingerprint density at radius 2 is 1.83 bits per heavy atom. The smallest absolute Gasteiger partial charge is 0.313 e. The maximum atomic E-state index is 12.2. The van der Waals surface area contributed by atoms with Gasteiger partial charge in [-0.3, -0.25) is 14.4 Å². The number of nitrogens with zero attached hydrogens (tertiary/aromatic N) is 1. The Bertz CT molecular complexity index is 924. The molecule has 2 aromatic carbocycles. The van der Waals surface area contributed by atoms with Gasteiger partial charge in [0.1, 0.15) is 5.75 Å². The lowest BCUT2D eigenvalue weighted by molar-refractivity contribution is -0.137. The number of ether oxygens (including phenoxy) is 1. The van der Waals surface area contributed by atoms with Crippen LogP contribution >= 0.6 is 15.9 Å². The third kappa shape index (κ3) is 6.83. The molecule has 2 rings (SSSR count). The minimum absolute atomic E-state index is 0.102. The number of amides is 2. The lowest BCUT2D eigenvalue weighted by Gasteiger charge is -2.09. The Hall–Kier alpha value is -3.00. The Morgan fingerprint density at radius 1 is 1.14 bits per heavy atom. The number of halogens is 1. The fourth-order valence-corrected chi connectivity index (χ4v) is 2.50. The standard InChI is InChI=1S/C21H22BrN3O4/c1-4-19(26)24-17-8-5-14(6-9-17)20(27)25-23-12-15-11-16(22)7-10-18(15)29-21(28)13(2)3/h5-13H,4H2,1-3H3,(H,24,26)(H,25,27). The summed E-state index contributed by atoms with van der Waals surface area (Å²) in [7, 11) is 0. The van der Waals surface area contributed by atoms with Crippen molar-refractivity contribution in [3.63, 3.8) is 0 Å². The topological polar surface area (TPSA) is 96.9 Å². The quantitative estimate of drug-likeness (QED) is 0.281. The molecule has 2 N–H and O–H groups in total. The molecule has 8 heteroatoms. The second-order valence-corrected chi connectivity index (χ2v) is 7.35. The van der Waals surface area contributed by atoms with Crippen molar-refractivity contribution < 1.29 is 19.1 Å². The SMILES string of the molecule is CCC(=O)Nc1ccc(C(=O)NN=Cc2cc(Br)ccc2OC(=O)C(C)C)cc1. The van der Waals surface area contributed by atoms with Crippen LogP contribution in [0.15, 0.2) is 52.0 Å². The number of carbonyl (C=O) groups is 3. The van der Waals surface area contributed by atoms with Crippen molar-refractivity contribution in [1.82, 2.24) is 5.43 Å². The number of anilines is 1. The number of esters is 1. The van der Waals surface area contributed by atoms with E-state index in [1.165, 1.54) is 6.21 Å². The lowest BCUT2D eigenvalue weighted by atomic mass is 10.2. The second-order valence-electron chi connectivity index (χ2n) is 6.44. The zero-order chi connectivity index (χ0) is 21.4. The van der Waals surface area contributed by atoms with E-state index in [1.807, 2.05) is 0 Å². The molecule has 0 saturated heterocycles. The van der Waals surface area contributed by atoms with Crippen molar-refractivity contribution >= 4 is 45.6 Å². The van der Waals surface area contributed by atoms with Crippen LogP contribution in [0.4, 0.5) is 5.69 Å². The van der Waals surface area contributed by atoms with E-state index in [9.17, 15) is 14.4 Å². The fourth-order valence-electron chi connectivity index (χ4n) is 2.12. The molecule has 2 aromatic rings. The van der Waals surface area contributed by atoms with E-state index in [0.29, 0.717) is 29.0 Å². The predicted molar refractivity (Wildman–Crippen MR) is 115 cm³/mol. The Labute approximate surface area is 177 Å². The normalized spacial score (nSPS) is 10.8. The van der Waals surface area contributed by atoms with Gasteiger partial charge < -0.3 is 10.1 Å². The molecule has 0 aliphatic rings. The molecule has 0 radical (unpaired) electrons. The lowest BCUT2D eigenvalue weighted by Crippen LogP contribution is -2.18. The monoisotopic (exact) mass is 459 g/mol. The van der Waals surface area contributed by atoms with Crippen molar-refractivity contribution in [3.8, 4) is 5.75 Å². The second kappa shape index (κ2) is 10.5. The number of hydrogen-bond donors (Lipinski definition) is 2. The van der Waals surface area contributed by atoms with Crippen LogP contribution in [0.25, 0.3) is 0 Å². The first-order valence-corrected chi connectivity index (χ1v) is 9.84. The summed E-state index contributed by atoms with van der Waals surface area (Å²) in [6.45, 7) is 5.25. The van der Waals surface area contributed by atoms with Crippen LogP contribution in [0.3, 0.4) is 0 Å². The summed E-state index contributed by atoms with van der Waals surface area (Å²) >= 11 is 3.36. The van der Waals surface area contributed by atoms with Gasteiger partial charge in [-0.1, -0.05) is 36.7 Å². The third-order valence-corrected chi connectivity index (χ3v) is 4.27. The summed E-state index contributed by atoms with van der Waals surface area (Å²) in [5.41, 5.74) is 3.96. The molecule has 7 nitrogen and oxygen atoms in total. The molecule has 0 fully saturated rings. The summed E-state index contributed by atoms with van der Waals surface area (Å²) in [5.74, 6) is -0.796. The van der Waals surface area contributed by atoms with Gasteiger partial charge in [-0.2, -0.15) is 5.10 Å². The number of rotatable bonds is 7. The molecule has 0 atom stereocenters. The summed E-state index contributed by atoms with van der Waals surface area (Å²) in [6, 6.07) is 11.6. The average molecular weight is 460 g/mol. The number of hydrazone groups is 1. The highest BCUT2D eigenvalue weighted by atomic mass is 79.9. The molecule has 0 bridgehead atoms. The van der Waals surface area contributed by atoms with Crippen molar-refractivity contribution in [2.75, 3.05) is 5.32 Å². The Kier molecular flexibility index (Phi) is 8.09. The van der Waals surface area contributed by atoms with E-state index < -0.39 is 5.91 Å². The summed E-state index contributed by atoms with van der Waals surface area (Å²) < 4.78 is 6.14. The maximum Gasteiger partial charge on any atom is 0.313 e. The largest absolute Gasteiger partial charge is 0.426 e. The van der Waals surface area contributed by atoms with Crippen molar-refractivity contribution in [2.24, 2.45) is 11.0 Å². The van der Waals surface area contributed by atoms with Crippen LogP contribution in [0.5, 0.6) is 5.75 Å². The van der Waals surface area contributed by atoms with Crippen LogP contribution in [-0.4, -0.2) is 24.0 Å². The Balaban J connectivity index is 2.05. The number of hydrogen-bond acceptors (Lipinski definition) is 5. The van der Waals surface area contributed by atoms with E-state index in [4.69, 9.17) is 4.74 Å². The molecule has 0 aliphatic heterocycles. The van der Waals surface area contributed by atoms with Gasteiger partial charge in [-0.25, -0.2) is 5.43 Å². The molecule has 0 spiro atoms. The summed E-state index contributed by atoms with van der Waals surface area (Å²) in [6.07, 6.45) is 1.78. The molecular weight excluding hydrogens is 438 g/mol. The van der Waals surface area contributed by atoms with Crippen LogP contribution in [0, 0.1) is 5.92 Å². The molecular formula is C21H22BrN3O4. The first-order chi connectivity index (χ1) is 13.8. The molecule has 0 heterocycles. The zero-order valence-electron chi connectivity index (χ0n) is 16.4. The van der Waals surface area contributed by atoms with Gasteiger partial charge in [0, 0.05) is 27.7 Å². The first kappa shape index (κ1) is 22.3. The third-order valence-electron chi connectivity index (χ3n) is 3.78. The van der Waals surface area contributed by atoms with Crippen LogP contribution < -0.4 is 15.5 Å². The molecule has 152 valence electrons. The van der Waals surface area contributed by atoms with E-state index >= 15 is 0 Å². The van der Waals surface area contributed by atoms with Gasteiger partial charge in [0.15, 0.2) is 0 Å². The average Bonchev–Trinajstić information content (AvgIpc) is 2.70. The molecule has 29 heavy (non-hydrogen) atoms. The molecule has 2 amide bonds.